The Morgan fingerprint density at radius 1 is 1.67 bits per heavy atom. The molecule has 0 saturated heterocycles. The van der Waals surface area contributed by atoms with E-state index in [9.17, 15) is 13.6 Å². The lowest BCUT2D eigenvalue weighted by molar-refractivity contribution is 0.0643. The van der Waals surface area contributed by atoms with Crippen molar-refractivity contribution in [2.24, 2.45) is 0 Å². The van der Waals surface area contributed by atoms with E-state index in [-0.39, 0.29) is 4.47 Å². The Bertz CT molecular complexity index is 308. The SMILES string of the molecule is O=C(O)c1oc(C(F)F)cc1Br. The fourth-order valence-electron chi connectivity index (χ4n) is 0.640. The van der Waals surface area contributed by atoms with Crippen molar-refractivity contribution in [3.63, 3.8) is 0 Å². The van der Waals surface area contributed by atoms with Crippen molar-refractivity contribution in [2.75, 3.05) is 0 Å². The van der Waals surface area contributed by atoms with E-state index < -0.39 is 23.9 Å². The van der Waals surface area contributed by atoms with Gasteiger partial charge in [-0.1, -0.05) is 0 Å². The van der Waals surface area contributed by atoms with E-state index in [1.807, 2.05) is 0 Å². The first-order chi connectivity index (χ1) is 5.52. The molecular weight excluding hydrogens is 238 g/mol. The summed E-state index contributed by atoms with van der Waals surface area (Å²) in [6.07, 6.45) is -2.80. The van der Waals surface area contributed by atoms with Gasteiger partial charge in [-0.15, -0.1) is 0 Å². The van der Waals surface area contributed by atoms with E-state index in [2.05, 4.69) is 20.3 Å². The molecule has 0 aliphatic heterocycles. The van der Waals surface area contributed by atoms with Crippen LogP contribution in [-0.2, 0) is 0 Å². The molecular formula is C6H3BrF2O3. The lowest BCUT2D eigenvalue weighted by Gasteiger charge is -1.89. The van der Waals surface area contributed by atoms with Crippen LogP contribution in [0.1, 0.15) is 22.7 Å². The normalized spacial score (nSPS) is 10.7. The highest BCUT2D eigenvalue weighted by Crippen LogP contribution is 2.28. The standard InChI is InChI=1S/C6H3BrF2O3/c7-2-1-3(5(8)9)12-4(2)6(10)11/h1,5H,(H,10,11). The Morgan fingerprint density at radius 2 is 2.25 bits per heavy atom. The van der Waals surface area contributed by atoms with Gasteiger partial charge >= 0.3 is 5.97 Å². The summed E-state index contributed by atoms with van der Waals surface area (Å²) >= 11 is 2.78. The van der Waals surface area contributed by atoms with Crippen LogP contribution in [0.2, 0.25) is 0 Å². The van der Waals surface area contributed by atoms with Gasteiger partial charge in [-0.2, -0.15) is 0 Å². The van der Waals surface area contributed by atoms with Crippen LogP contribution < -0.4 is 0 Å². The molecule has 0 saturated carbocycles. The van der Waals surface area contributed by atoms with Crippen molar-refractivity contribution in [1.29, 1.82) is 0 Å². The van der Waals surface area contributed by atoms with Gasteiger partial charge in [-0.25, -0.2) is 13.6 Å². The van der Waals surface area contributed by atoms with E-state index in [1.54, 1.807) is 0 Å². The third-order valence-electron chi connectivity index (χ3n) is 1.12. The zero-order valence-corrected chi connectivity index (χ0v) is 7.14. The Hall–Kier alpha value is -0.910. The highest BCUT2D eigenvalue weighted by molar-refractivity contribution is 9.10. The molecule has 0 bridgehead atoms. The molecule has 0 fully saturated rings. The van der Waals surface area contributed by atoms with Gasteiger partial charge in [0.05, 0.1) is 4.47 Å². The van der Waals surface area contributed by atoms with Gasteiger partial charge in [0.25, 0.3) is 6.43 Å². The molecule has 0 aliphatic rings. The van der Waals surface area contributed by atoms with E-state index in [0.717, 1.165) is 6.07 Å². The average molecular weight is 241 g/mol. The van der Waals surface area contributed by atoms with Gasteiger partial charge in [-0.05, 0) is 15.9 Å². The van der Waals surface area contributed by atoms with Crippen LogP contribution in [0.4, 0.5) is 8.78 Å². The minimum absolute atomic E-state index is 0.0188. The molecule has 1 rings (SSSR count). The molecule has 12 heavy (non-hydrogen) atoms. The fourth-order valence-corrected chi connectivity index (χ4v) is 1.12. The number of halogens is 3. The fraction of sp³-hybridized carbons (Fsp3) is 0.167. The summed E-state index contributed by atoms with van der Waals surface area (Å²) in [6.45, 7) is 0. The monoisotopic (exact) mass is 240 g/mol. The Labute approximate surface area is 74.1 Å². The predicted octanol–water partition coefficient (Wildman–Crippen LogP) is 2.68. The number of carboxylic acids is 1. The number of aromatic carboxylic acids is 1. The van der Waals surface area contributed by atoms with Gasteiger partial charge < -0.3 is 9.52 Å². The Kier molecular flexibility index (Phi) is 2.46. The van der Waals surface area contributed by atoms with Crippen LogP contribution in [0.5, 0.6) is 0 Å². The Morgan fingerprint density at radius 3 is 2.50 bits per heavy atom. The van der Waals surface area contributed by atoms with E-state index in [4.69, 9.17) is 5.11 Å². The van der Waals surface area contributed by atoms with Gasteiger partial charge in [0.2, 0.25) is 5.76 Å². The maximum atomic E-state index is 11.9. The molecule has 0 aromatic carbocycles. The predicted molar refractivity (Wildman–Crippen MR) is 38.3 cm³/mol. The smallest absolute Gasteiger partial charge is 0.373 e. The lowest BCUT2D eigenvalue weighted by Crippen LogP contribution is -1.93. The maximum Gasteiger partial charge on any atom is 0.373 e. The number of furan rings is 1. The third kappa shape index (κ3) is 1.63. The molecule has 0 amide bonds. The van der Waals surface area contributed by atoms with E-state index >= 15 is 0 Å². The molecule has 1 heterocycles. The molecule has 1 aromatic rings. The number of carbonyl (C=O) groups is 1. The topological polar surface area (TPSA) is 50.4 Å². The second kappa shape index (κ2) is 3.22. The molecule has 1 aromatic heterocycles. The van der Waals surface area contributed by atoms with Crippen molar-refractivity contribution in [3.05, 3.63) is 22.1 Å². The zero-order valence-electron chi connectivity index (χ0n) is 5.55. The molecule has 1 N–H and O–H groups in total. The average Bonchev–Trinajstić information content (AvgIpc) is 2.30. The van der Waals surface area contributed by atoms with Crippen LogP contribution in [0, 0.1) is 0 Å². The summed E-state index contributed by atoms with van der Waals surface area (Å²) < 4.78 is 28.2. The molecule has 0 radical (unpaired) electrons. The van der Waals surface area contributed by atoms with Gasteiger partial charge in [0, 0.05) is 6.07 Å². The summed E-state index contributed by atoms with van der Waals surface area (Å²) in [5, 5.41) is 8.39. The second-order valence-electron chi connectivity index (χ2n) is 1.93. The zero-order chi connectivity index (χ0) is 9.30. The van der Waals surface area contributed by atoms with Crippen LogP contribution in [-0.4, -0.2) is 11.1 Å². The highest BCUT2D eigenvalue weighted by Gasteiger charge is 2.20. The summed E-state index contributed by atoms with van der Waals surface area (Å²) in [7, 11) is 0. The van der Waals surface area contributed by atoms with Crippen LogP contribution >= 0.6 is 15.9 Å². The van der Waals surface area contributed by atoms with Crippen LogP contribution in [0.15, 0.2) is 15.0 Å². The molecule has 0 unspecified atom stereocenters. The first-order valence-corrected chi connectivity index (χ1v) is 3.62. The second-order valence-corrected chi connectivity index (χ2v) is 2.79. The maximum absolute atomic E-state index is 11.9. The number of hydrogen-bond donors (Lipinski definition) is 1. The number of alkyl halides is 2. The molecule has 0 atom stereocenters. The first-order valence-electron chi connectivity index (χ1n) is 2.83. The molecule has 3 nitrogen and oxygen atoms in total. The largest absolute Gasteiger partial charge is 0.475 e. The summed E-state index contributed by atoms with van der Waals surface area (Å²) in [5.41, 5.74) is 0. The van der Waals surface area contributed by atoms with Gasteiger partial charge in [-0.3, -0.25) is 0 Å². The Balaban J connectivity index is 3.09. The molecule has 0 spiro atoms. The number of hydrogen-bond acceptors (Lipinski definition) is 2. The quantitative estimate of drug-likeness (QED) is 0.865. The van der Waals surface area contributed by atoms with Crippen LogP contribution in [0.3, 0.4) is 0 Å². The third-order valence-corrected chi connectivity index (χ3v) is 1.70. The summed E-state index contributed by atoms with van der Waals surface area (Å²) in [4.78, 5) is 10.3. The van der Waals surface area contributed by atoms with E-state index in [1.165, 1.54) is 0 Å². The van der Waals surface area contributed by atoms with Gasteiger partial charge in [0.1, 0.15) is 0 Å². The first kappa shape index (κ1) is 9.18. The molecule has 6 heteroatoms. The lowest BCUT2D eigenvalue weighted by atomic mass is 10.4. The van der Waals surface area contributed by atoms with Gasteiger partial charge in [0.15, 0.2) is 5.76 Å². The summed E-state index contributed by atoms with van der Waals surface area (Å²) in [5.74, 6) is -2.54. The molecule has 0 aliphatic carbocycles. The van der Waals surface area contributed by atoms with Crippen molar-refractivity contribution in [3.8, 4) is 0 Å². The van der Waals surface area contributed by atoms with Crippen molar-refractivity contribution < 1.29 is 23.1 Å². The molecule has 66 valence electrons. The number of rotatable bonds is 2. The van der Waals surface area contributed by atoms with Crippen molar-refractivity contribution in [1.82, 2.24) is 0 Å². The highest BCUT2D eigenvalue weighted by atomic mass is 79.9. The van der Waals surface area contributed by atoms with Crippen molar-refractivity contribution in [2.45, 2.75) is 6.43 Å². The van der Waals surface area contributed by atoms with Crippen molar-refractivity contribution >= 4 is 21.9 Å². The van der Waals surface area contributed by atoms with E-state index in [0.29, 0.717) is 0 Å². The number of carboxylic acid groups (broad SMARTS) is 1. The minimum Gasteiger partial charge on any atom is -0.475 e. The summed E-state index contributed by atoms with van der Waals surface area (Å²) in [6, 6.07) is 0.939. The van der Waals surface area contributed by atoms with Crippen LogP contribution in [0.25, 0.3) is 0 Å². The minimum atomic E-state index is -2.80.